The van der Waals surface area contributed by atoms with Crippen molar-refractivity contribution in [2.24, 2.45) is 69.5 Å². The quantitative estimate of drug-likeness (QED) is 0.0255. The number of nitrogens with two attached hydrogens (primary N) is 8. The van der Waals surface area contributed by atoms with E-state index in [1.165, 1.54) is 12.5 Å². The number of aromatic amines is 1. The lowest BCUT2D eigenvalue weighted by molar-refractivity contribution is -0.137. The Morgan fingerprint density at radius 1 is 0.363 bits per heavy atom. The van der Waals surface area contributed by atoms with Crippen molar-refractivity contribution >= 4 is 88.6 Å². The number of amides is 15. The van der Waals surface area contributed by atoms with Crippen LogP contribution >= 0.6 is 0 Å². The van der Waals surface area contributed by atoms with E-state index in [0.717, 1.165) is 0 Å². The van der Waals surface area contributed by atoms with E-state index in [1.807, 2.05) is 0 Å². The maximum absolute atomic E-state index is 15.0. The zero-order valence-corrected chi connectivity index (χ0v) is 73.5. The van der Waals surface area contributed by atoms with Crippen LogP contribution in [0.15, 0.2) is 73.2 Å². The third-order valence-corrected chi connectivity index (χ3v) is 20.9. The van der Waals surface area contributed by atoms with Gasteiger partial charge in [-0.3, -0.25) is 71.9 Å². The van der Waals surface area contributed by atoms with Gasteiger partial charge >= 0.3 is 0 Å². The van der Waals surface area contributed by atoms with Gasteiger partial charge in [0.05, 0.1) is 19.0 Å². The second kappa shape index (κ2) is 59.3. The van der Waals surface area contributed by atoms with Crippen molar-refractivity contribution in [2.45, 2.75) is 288 Å². The van der Waals surface area contributed by atoms with Gasteiger partial charge in [-0.2, -0.15) is 0 Å². The van der Waals surface area contributed by atoms with Gasteiger partial charge in [0, 0.05) is 37.6 Å². The Kier molecular flexibility index (Phi) is 51.5. The molecule has 0 aliphatic rings. The number of benzene rings is 2. The highest BCUT2D eigenvalue weighted by Gasteiger charge is 2.40. The topological polar surface area (TPSA) is 670 Å². The Morgan fingerprint density at radius 2 is 0.677 bits per heavy atom. The molecule has 0 saturated carbocycles. The normalized spacial score (nSPS) is 15.0. The van der Waals surface area contributed by atoms with E-state index in [1.54, 1.807) is 116 Å². The number of nitrogens with one attached hydrogen (secondary N) is 14. The van der Waals surface area contributed by atoms with E-state index in [4.69, 9.17) is 45.9 Å². The van der Waals surface area contributed by atoms with Gasteiger partial charge in [0.1, 0.15) is 78.5 Å². The monoisotopic (exact) mass is 1740 g/mol. The summed E-state index contributed by atoms with van der Waals surface area (Å²) in [4.78, 5) is 221. The summed E-state index contributed by atoms with van der Waals surface area (Å²) in [6.45, 7) is 14.4. The first kappa shape index (κ1) is 108. The summed E-state index contributed by atoms with van der Waals surface area (Å²) in [5.41, 5.74) is 47.7. The van der Waals surface area contributed by atoms with E-state index in [0.29, 0.717) is 94.1 Å². The molecule has 0 bridgehead atoms. The predicted molar refractivity (Wildman–Crippen MR) is 468 cm³/mol. The first-order valence-electron chi connectivity index (χ1n) is 43.5. The van der Waals surface area contributed by atoms with Crippen LogP contribution < -0.4 is 115 Å². The van der Waals surface area contributed by atoms with Crippen LogP contribution in [0.5, 0.6) is 0 Å². The van der Waals surface area contributed by atoms with Gasteiger partial charge in [-0.05, 0) is 177 Å². The second-order valence-electron chi connectivity index (χ2n) is 32.8. The van der Waals surface area contributed by atoms with Gasteiger partial charge in [0.15, 0.2) is 0 Å². The minimum absolute atomic E-state index is 0.00722. The Morgan fingerprint density at radius 3 is 1.05 bits per heavy atom. The molecule has 694 valence electrons. The van der Waals surface area contributed by atoms with Crippen LogP contribution in [0, 0.1) is 23.7 Å². The fraction of sp³-hybridized carbons (Fsp3) is 0.647. The van der Waals surface area contributed by atoms with Crippen LogP contribution in [0.2, 0.25) is 0 Å². The Balaban J connectivity index is 2.02. The molecule has 0 unspecified atom stereocenters. The number of aliphatic hydroxyl groups excluding tert-OH is 1. The number of carbonyl (C=O) groups is 15. The van der Waals surface area contributed by atoms with Crippen LogP contribution in [-0.2, 0) is 91.2 Å². The SMILES string of the molecule is CC[C@H](C)[C@H](NC(=O)[C@H](CC(C)C)NC(=O)[C@H](Cc1ccccc1)NC(=O)[C@H](CCCCN)NC(=O)[C@@H](NC(=O)[C@H](CCCCN)NC(=O)[C@H](CO)NC(=O)[C@@H](N)CCCCN)C(C)C)C(=O)N[C@@H](CCC(N)=O)C(=O)N[C@@H](CC(C)C)C(=O)N[C@@H](Cc1ccccc1)C(=O)N[C@@H](Cc1cnc[nH]1)C(=O)N[C@@H](CCCCN)C(=O)N[C@@H](CCCCN)C(N)=O. The lowest BCUT2D eigenvalue weighted by Gasteiger charge is -2.30. The fourth-order valence-electron chi connectivity index (χ4n) is 13.5. The maximum atomic E-state index is 15.0. The number of rotatable bonds is 64. The first-order valence-corrected chi connectivity index (χ1v) is 43.5. The summed E-state index contributed by atoms with van der Waals surface area (Å²) in [5.74, 6) is -14.5. The highest BCUT2D eigenvalue weighted by atomic mass is 16.3. The number of carbonyl (C=O) groups excluding carboxylic acids is 15. The molecule has 15 atom stereocenters. The third kappa shape index (κ3) is 40.8. The standard InChI is InChI=1S/C85H143N23O16/c1-9-53(8)71(85(124)100-62(35-36-69(92)110)76(115)101-63(42-50(2)3)78(117)104-66(45-55-28-14-11-15-29-55)80(119)105-67(46-56-47-94-49-95-56)81(120)97-59(32-18-23-39-88)74(113)96-58(72(93)111)31-17-22-38-87)108-82(121)64(43-51(4)5)102-79(118)65(44-54-26-12-10-13-27-54)103-75(114)60(33-19-24-40-89)99-84(123)70(52(6)7)107-77(116)61(34-20-25-41-90)98-83(122)68(48-109)106-73(112)57(91)30-16-21-37-86/h10-15,26-29,47,49-53,57-68,70-71,109H,9,16-25,30-46,48,86-91H2,1-8H3,(H2,92,110)(H2,93,111)(H,94,95)(H,96,113)(H,97,120)(H,98,122)(H,99,123)(H,100,124)(H,101,115)(H,102,118)(H,103,114)(H,104,117)(H,105,119)(H,106,112)(H,107,116)(H,108,121)/t53-,57-,58-,59-,60-,61-,62-,63-,64-,65-,66-,67-,68-,70-,71-/m0/s1. The van der Waals surface area contributed by atoms with E-state index in [2.05, 4.69) is 79.1 Å². The lowest BCUT2D eigenvalue weighted by atomic mass is 9.95. The molecule has 0 saturated heterocycles. The zero-order valence-electron chi connectivity index (χ0n) is 73.5. The molecule has 124 heavy (non-hydrogen) atoms. The summed E-state index contributed by atoms with van der Waals surface area (Å²) in [7, 11) is 0. The number of hydrogen-bond acceptors (Lipinski definition) is 23. The molecule has 1 heterocycles. The number of aliphatic hydroxyl groups is 1. The Labute approximate surface area is 728 Å². The van der Waals surface area contributed by atoms with E-state index < -0.39 is 204 Å². The van der Waals surface area contributed by atoms with E-state index in [-0.39, 0.29) is 102 Å². The van der Waals surface area contributed by atoms with Crippen molar-refractivity contribution in [3.8, 4) is 0 Å². The molecule has 39 nitrogen and oxygen atoms in total. The molecule has 31 N–H and O–H groups in total. The van der Waals surface area contributed by atoms with Crippen molar-refractivity contribution < 1.29 is 77.0 Å². The number of primary amides is 2. The third-order valence-electron chi connectivity index (χ3n) is 20.9. The molecular formula is C85H143N23O16. The molecule has 39 heteroatoms. The second-order valence-corrected chi connectivity index (χ2v) is 32.8. The van der Waals surface area contributed by atoms with Crippen LogP contribution in [0.1, 0.15) is 201 Å². The van der Waals surface area contributed by atoms with Gasteiger partial charge in [0.25, 0.3) is 0 Å². The van der Waals surface area contributed by atoms with Gasteiger partial charge < -0.3 is 125 Å². The highest BCUT2D eigenvalue weighted by Crippen LogP contribution is 2.18. The maximum Gasteiger partial charge on any atom is 0.245 e. The van der Waals surface area contributed by atoms with Gasteiger partial charge in [-0.25, -0.2) is 4.98 Å². The minimum Gasteiger partial charge on any atom is -0.394 e. The van der Waals surface area contributed by atoms with Crippen LogP contribution in [-0.4, -0.2) is 228 Å². The van der Waals surface area contributed by atoms with Gasteiger partial charge in [-0.15, -0.1) is 0 Å². The molecule has 0 aliphatic carbocycles. The molecule has 0 fully saturated rings. The average molecular weight is 1740 g/mol. The van der Waals surface area contributed by atoms with Crippen molar-refractivity contribution in [1.29, 1.82) is 0 Å². The van der Waals surface area contributed by atoms with Crippen molar-refractivity contribution in [3.63, 3.8) is 0 Å². The molecule has 0 aliphatic heterocycles. The molecule has 1 aromatic heterocycles. The first-order chi connectivity index (χ1) is 59.0. The van der Waals surface area contributed by atoms with Gasteiger partial charge in [0.2, 0.25) is 88.6 Å². The van der Waals surface area contributed by atoms with Crippen LogP contribution in [0.4, 0.5) is 0 Å². The zero-order chi connectivity index (χ0) is 92.4. The summed E-state index contributed by atoms with van der Waals surface area (Å²) in [6, 6.07) is -1.90. The van der Waals surface area contributed by atoms with Crippen LogP contribution in [0.3, 0.4) is 0 Å². The number of nitrogens with zero attached hydrogens (tertiary/aromatic N) is 1. The number of imidazole rings is 1. The Hall–Kier alpha value is -10.6. The fourth-order valence-corrected chi connectivity index (χ4v) is 13.5. The number of unbranched alkanes of at least 4 members (excludes halogenated alkanes) is 5. The summed E-state index contributed by atoms with van der Waals surface area (Å²) < 4.78 is 0. The number of hydrogen-bond donors (Lipinski definition) is 23. The predicted octanol–water partition coefficient (Wildman–Crippen LogP) is -2.75. The van der Waals surface area contributed by atoms with E-state index in [9.17, 15) is 72.2 Å². The van der Waals surface area contributed by atoms with Crippen LogP contribution in [0.25, 0.3) is 0 Å². The van der Waals surface area contributed by atoms with E-state index >= 15 is 4.79 Å². The van der Waals surface area contributed by atoms with Crippen molar-refractivity contribution in [2.75, 3.05) is 39.3 Å². The molecule has 0 radical (unpaired) electrons. The molecule has 15 amide bonds. The van der Waals surface area contributed by atoms with Crippen molar-refractivity contribution in [3.05, 3.63) is 90.0 Å². The summed E-state index contributed by atoms with van der Waals surface area (Å²) in [6.07, 6.45) is 6.70. The van der Waals surface area contributed by atoms with Crippen molar-refractivity contribution in [1.82, 2.24) is 79.1 Å². The lowest BCUT2D eigenvalue weighted by Crippen LogP contribution is -2.62. The summed E-state index contributed by atoms with van der Waals surface area (Å²) in [5, 5.41) is 45.4. The number of H-pyrrole nitrogens is 1. The molecule has 0 spiro atoms. The largest absolute Gasteiger partial charge is 0.394 e. The highest BCUT2D eigenvalue weighted by molar-refractivity contribution is 6.00. The molecule has 3 rings (SSSR count). The average Bonchev–Trinajstić information content (AvgIpc) is 0.940. The molecule has 3 aromatic rings. The van der Waals surface area contributed by atoms with Gasteiger partial charge in [-0.1, -0.05) is 129 Å². The Bertz CT molecular complexity index is 3790. The smallest absolute Gasteiger partial charge is 0.245 e. The molecule has 2 aromatic carbocycles. The summed E-state index contributed by atoms with van der Waals surface area (Å²) >= 11 is 0. The minimum atomic E-state index is -1.61. The molecular weight excluding hydrogens is 1600 g/mol. The number of aromatic nitrogens is 2.